The smallest absolute Gasteiger partial charge is 0.341 e. The third-order valence-electron chi connectivity index (χ3n) is 3.72. The summed E-state index contributed by atoms with van der Waals surface area (Å²) in [7, 11) is 4.54. The fourth-order valence-electron chi connectivity index (χ4n) is 2.45. The molecule has 0 radical (unpaired) electrons. The van der Waals surface area contributed by atoms with E-state index in [1.807, 2.05) is 22.6 Å². The summed E-state index contributed by atoms with van der Waals surface area (Å²) in [5.74, 6) is 0.726. The number of allylic oxidation sites excluding steroid dienone is 1. The molecule has 8 heteroatoms. The number of carboxylic acid groups (broad SMARTS) is 1. The van der Waals surface area contributed by atoms with Crippen LogP contribution in [-0.2, 0) is 4.79 Å². The zero-order valence-electron chi connectivity index (χ0n) is 15.5. The van der Waals surface area contributed by atoms with Crippen LogP contribution in [0.2, 0.25) is 0 Å². The zero-order chi connectivity index (χ0) is 20.7. The second-order valence-electron chi connectivity index (χ2n) is 5.46. The van der Waals surface area contributed by atoms with Crippen molar-refractivity contribution < 1.29 is 28.8 Å². The standard InChI is InChI=1S/C20H18INO6/c1-25-16-5-4-13(9-17(16)26-2)14(10-22)6-12-7-15(21)20(18(8-12)27-3)28-11-19(23)24/h4-9H,11H2,1-3H3,(H,23,24)/b14-6+. The molecule has 28 heavy (non-hydrogen) atoms. The van der Waals surface area contributed by atoms with Crippen LogP contribution >= 0.6 is 22.6 Å². The van der Waals surface area contributed by atoms with E-state index in [9.17, 15) is 10.1 Å². The summed E-state index contributed by atoms with van der Waals surface area (Å²) >= 11 is 2.03. The molecule has 0 saturated heterocycles. The largest absolute Gasteiger partial charge is 0.493 e. The molecule has 0 atom stereocenters. The van der Waals surface area contributed by atoms with Gasteiger partial charge in [-0.1, -0.05) is 0 Å². The number of carbonyl (C=O) groups is 1. The van der Waals surface area contributed by atoms with Crippen molar-refractivity contribution in [3.63, 3.8) is 0 Å². The van der Waals surface area contributed by atoms with Gasteiger partial charge in [0.15, 0.2) is 29.6 Å². The second kappa shape index (κ2) is 9.85. The fourth-order valence-corrected chi connectivity index (χ4v) is 3.23. The van der Waals surface area contributed by atoms with Crippen molar-refractivity contribution in [1.82, 2.24) is 0 Å². The Morgan fingerprint density at radius 3 is 2.36 bits per heavy atom. The molecule has 0 heterocycles. The van der Waals surface area contributed by atoms with Gasteiger partial charge in [-0.25, -0.2) is 4.79 Å². The first kappa shape index (κ1) is 21.4. The first-order chi connectivity index (χ1) is 13.4. The molecular weight excluding hydrogens is 477 g/mol. The van der Waals surface area contributed by atoms with Crippen LogP contribution in [0.4, 0.5) is 0 Å². The molecule has 2 aromatic carbocycles. The summed E-state index contributed by atoms with van der Waals surface area (Å²) in [5, 5.41) is 18.4. The van der Waals surface area contributed by atoms with Crippen molar-refractivity contribution in [2.75, 3.05) is 27.9 Å². The summed E-state index contributed by atoms with van der Waals surface area (Å²) in [6.45, 7) is -0.476. The fraction of sp³-hybridized carbons (Fsp3) is 0.200. The molecule has 0 aromatic heterocycles. The summed E-state index contributed by atoms with van der Waals surface area (Å²) in [6.07, 6.45) is 1.70. The van der Waals surface area contributed by atoms with Crippen molar-refractivity contribution in [3.8, 4) is 29.1 Å². The van der Waals surface area contributed by atoms with Crippen molar-refractivity contribution in [2.45, 2.75) is 0 Å². The molecule has 7 nitrogen and oxygen atoms in total. The van der Waals surface area contributed by atoms with Gasteiger partial charge in [0.05, 0.1) is 36.5 Å². The van der Waals surface area contributed by atoms with Gasteiger partial charge in [0.25, 0.3) is 0 Å². The van der Waals surface area contributed by atoms with E-state index in [0.717, 1.165) is 0 Å². The van der Waals surface area contributed by atoms with Crippen molar-refractivity contribution >= 4 is 40.2 Å². The number of hydrogen-bond acceptors (Lipinski definition) is 6. The van der Waals surface area contributed by atoms with Gasteiger partial charge in [0.2, 0.25) is 0 Å². The third-order valence-corrected chi connectivity index (χ3v) is 4.52. The Kier molecular flexibility index (Phi) is 7.52. The number of rotatable bonds is 8. The molecule has 0 amide bonds. The molecule has 0 aliphatic rings. The maximum Gasteiger partial charge on any atom is 0.341 e. The molecule has 0 aliphatic carbocycles. The molecule has 0 saturated carbocycles. The van der Waals surface area contributed by atoms with Gasteiger partial charge >= 0.3 is 5.97 Å². The Morgan fingerprint density at radius 2 is 1.79 bits per heavy atom. The van der Waals surface area contributed by atoms with Crippen LogP contribution in [0.1, 0.15) is 11.1 Å². The van der Waals surface area contributed by atoms with E-state index in [4.69, 9.17) is 24.1 Å². The van der Waals surface area contributed by atoms with Crippen molar-refractivity contribution in [2.24, 2.45) is 0 Å². The number of methoxy groups -OCH3 is 3. The minimum atomic E-state index is -1.08. The normalized spacial score (nSPS) is 10.8. The average molecular weight is 495 g/mol. The molecule has 0 unspecified atom stereocenters. The lowest BCUT2D eigenvalue weighted by atomic mass is 10.0. The van der Waals surface area contributed by atoms with E-state index in [2.05, 4.69) is 6.07 Å². The molecule has 2 aromatic rings. The minimum Gasteiger partial charge on any atom is -0.493 e. The lowest BCUT2D eigenvalue weighted by Gasteiger charge is -2.13. The van der Waals surface area contributed by atoms with E-state index in [0.29, 0.717) is 43.3 Å². The van der Waals surface area contributed by atoms with Gasteiger partial charge < -0.3 is 24.1 Å². The predicted molar refractivity (Wildman–Crippen MR) is 112 cm³/mol. The highest BCUT2D eigenvalue weighted by Crippen LogP contribution is 2.36. The Labute approximate surface area is 176 Å². The van der Waals surface area contributed by atoms with Crippen LogP contribution < -0.4 is 18.9 Å². The number of aliphatic carboxylic acids is 1. The summed E-state index contributed by atoms with van der Waals surface area (Å²) in [4.78, 5) is 10.8. The molecule has 1 N–H and O–H groups in total. The number of benzene rings is 2. The van der Waals surface area contributed by atoms with Crippen LogP contribution in [0, 0.1) is 14.9 Å². The van der Waals surface area contributed by atoms with E-state index in [1.165, 1.54) is 14.2 Å². The SMILES string of the molecule is COc1ccc(/C(C#N)=C/c2cc(I)c(OCC(=O)O)c(OC)c2)cc1OC. The number of carboxylic acids is 1. The van der Waals surface area contributed by atoms with Crippen LogP contribution in [0.3, 0.4) is 0 Å². The topological polar surface area (TPSA) is 98.0 Å². The number of ether oxygens (including phenoxy) is 4. The molecule has 0 fully saturated rings. The first-order valence-corrected chi connectivity index (χ1v) is 9.07. The highest BCUT2D eigenvalue weighted by atomic mass is 127. The minimum absolute atomic E-state index is 0.340. The number of halogens is 1. The van der Waals surface area contributed by atoms with Crippen molar-refractivity contribution in [1.29, 1.82) is 5.26 Å². The highest BCUT2D eigenvalue weighted by Gasteiger charge is 2.14. The van der Waals surface area contributed by atoms with E-state index in [-0.39, 0.29) is 0 Å². The van der Waals surface area contributed by atoms with E-state index >= 15 is 0 Å². The van der Waals surface area contributed by atoms with Gasteiger partial charge in [-0.2, -0.15) is 5.26 Å². The number of nitriles is 1. The van der Waals surface area contributed by atoms with Crippen LogP contribution in [0.15, 0.2) is 30.3 Å². The number of hydrogen-bond donors (Lipinski definition) is 1. The monoisotopic (exact) mass is 495 g/mol. The maximum atomic E-state index is 10.8. The molecule has 0 bridgehead atoms. The van der Waals surface area contributed by atoms with E-state index in [1.54, 1.807) is 43.5 Å². The van der Waals surface area contributed by atoms with E-state index < -0.39 is 12.6 Å². The van der Waals surface area contributed by atoms with Crippen LogP contribution in [-0.4, -0.2) is 39.0 Å². The van der Waals surface area contributed by atoms with Crippen LogP contribution in [0.5, 0.6) is 23.0 Å². The lowest BCUT2D eigenvalue weighted by molar-refractivity contribution is -0.139. The van der Waals surface area contributed by atoms with Gasteiger partial charge in [-0.15, -0.1) is 0 Å². The van der Waals surface area contributed by atoms with Gasteiger partial charge in [0.1, 0.15) is 0 Å². The number of nitrogens with zero attached hydrogens (tertiary/aromatic N) is 1. The Balaban J connectivity index is 2.46. The summed E-state index contributed by atoms with van der Waals surface area (Å²) < 4.78 is 21.8. The summed E-state index contributed by atoms with van der Waals surface area (Å²) in [5.41, 5.74) is 1.79. The van der Waals surface area contributed by atoms with Gasteiger partial charge in [-0.3, -0.25) is 0 Å². The molecular formula is C20H18INO6. The maximum absolute atomic E-state index is 10.8. The molecule has 0 spiro atoms. The Morgan fingerprint density at radius 1 is 1.11 bits per heavy atom. The van der Waals surface area contributed by atoms with Crippen LogP contribution in [0.25, 0.3) is 11.6 Å². The molecule has 2 rings (SSSR count). The Bertz CT molecular complexity index is 948. The van der Waals surface area contributed by atoms with Gasteiger partial charge in [0, 0.05) is 0 Å². The highest BCUT2D eigenvalue weighted by molar-refractivity contribution is 14.1. The quantitative estimate of drug-likeness (QED) is 0.338. The Hall–Kier alpha value is -2.93. The first-order valence-electron chi connectivity index (χ1n) is 7.99. The third kappa shape index (κ3) is 5.07. The molecule has 0 aliphatic heterocycles. The van der Waals surface area contributed by atoms with Gasteiger partial charge in [-0.05, 0) is 70.1 Å². The predicted octanol–water partition coefficient (Wildman–Crippen LogP) is 3.84. The second-order valence-corrected chi connectivity index (χ2v) is 6.62. The zero-order valence-corrected chi connectivity index (χ0v) is 17.6. The molecule has 146 valence electrons. The lowest BCUT2D eigenvalue weighted by Crippen LogP contribution is -2.11. The average Bonchev–Trinajstić information content (AvgIpc) is 2.69. The summed E-state index contributed by atoms with van der Waals surface area (Å²) in [6, 6.07) is 10.9. The van der Waals surface area contributed by atoms with Crippen molar-refractivity contribution in [3.05, 3.63) is 45.0 Å².